The lowest BCUT2D eigenvalue weighted by atomic mass is 9.73. The van der Waals surface area contributed by atoms with Crippen molar-refractivity contribution in [3.05, 3.63) is 34.9 Å². The largest absolute Gasteiger partial charge is 0.760 e. The van der Waals surface area contributed by atoms with Crippen LogP contribution in [0.1, 0.15) is 24.0 Å². The first-order valence-corrected chi connectivity index (χ1v) is 7.63. The van der Waals surface area contributed by atoms with E-state index in [2.05, 4.69) is 0 Å². The first-order chi connectivity index (χ1) is 10.4. The summed E-state index contributed by atoms with van der Waals surface area (Å²) in [5.74, 6) is -2.34. The van der Waals surface area contributed by atoms with Gasteiger partial charge in [-0.3, -0.25) is 9.00 Å². The van der Waals surface area contributed by atoms with Gasteiger partial charge < -0.3 is 15.0 Å². The lowest BCUT2D eigenvalue weighted by Gasteiger charge is -2.35. The molecule has 1 aliphatic rings. The smallest absolute Gasteiger partial charge is 0.228 e. The van der Waals surface area contributed by atoms with E-state index in [-0.39, 0.29) is 43.7 Å². The molecule has 1 atom stereocenters. The second-order valence-corrected chi connectivity index (χ2v) is 5.80. The summed E-state index contributed by atoms with van der Waals surface area (Å²) >= 11 is -2.59. The fraction of sp³-hybridized carbons (Fsp3) is 0.462. The van der Waals surface area contributed by atoms with Crippen LogP contribution in [0.4, 0.5) is 8.78 Å². The van der Waals surface area contributed by atoms with Crippen molar-refractivity contribution in [1.29, 1.82) is 0 Å². The number of amides is 1. The summed E-state index contributed by atoms with van der Waals surface area (Å²) < 4.78 is 56.4. The molecule has 1 heterocycles. The minimum atomic E-state index is -2.59. The predicted molar refractivity (Wildman–Crippen MR) is 73.0 cm³/mol. The van der Waals surface area contributed by atoms with Gasteiger partial charge in [0.05, 0.1) is 5.41 Å². The molecule has 9 heteroatoms. The van der Waals surface area contributed by atoms with Crippen LogP contribution in [-0.2, 0) is 32.8 Å². The van der Waals surface area contributed by atoms with E-state index in [1.165, 1.54) is 0 Å². The second kappa shape index (κ2) is 6.78. The molecule has 1 saturated heterocycles. The first-order valence-electron chi connectivity index (χ1n) is 6.55. The highest BCUT2D eigenvalue weighted by Crippen LogP contribution is 2.37. The van der Waals surface area contributed by atoms with Gasteiger partial charge in [0.25, 0.3) is 0 Å². The molecule has 0 saturated carbocycles. The molecule has 1 amide bonds. The minimum absolute atomic E-state index is 0.118. The number of rotatable bonds is 5. The molecule has 1 fully saturated rings. The van der Waals surface area contributed by atoms with Crippen LogP contribution in [0.25, 0.3) is 0 Å². The fourth-order valence-corrected chi connectivity index (χ4v) is 2.87. The highest BCUT2D eigenvalue weighted by molar-refractivity contribution is 7.77. The lowest BCUT2D eigenvalue weighted by molar-refractivity contribution is -0.127. The van der Waals surface area contributed by atoms with E-state index < -0.39 is 34.2 Å². The monoisotopic (exact) mass is 333 g/mol. The molecule has 0 aromatic heterocycles. The third-order valence-corrected chi connectivity index (χ3v) is 4.23. The highest BCUT2D eigenvalue weighted by Gasteiger charge is 2.42. The number of primary amides is 1. The topological polar surface area (TPSA) is 104 Å². The van der Waals surface area contributed by atoms with Gasteiger partial charge in [-0.1, -0.05) is 0 Å². The number of nitrogens with one attached hydrogen (secondary N) is 1. The van der Waals surface area contributed by atoms with Crippen LogP contribution in [-0.4, -0.2) is 27.9 Å². The third-order valence-electron chi connectivity index (χ3n) is 3.85. The minimum Gasteiger partial charge on any atom is -0.760 e. The van der Waals surface area contributed by atoms with Crippen LogP contribution in [0.5, 0.6) is 0 Å². The zero-order valence-corrected chi connectivity index (χ0v) is 12.4. The number of halogens is 2. The van der Waals surface area contributed by atoms with E-state index in [4.69, 9.17) is 10.5 Å². The quantitative estimate of drug-likeness (QED) is 0.760. The molecule has 22 heavy (non-hydrogen) atoms. The molecule has 6 nitrogen and oxygen atoms in total. The standard InChI is InChI=1S/C13H16F2N2O4S/c14-10-6-9(11(15)5-8(10)7-17-22(19)20)13(12(16)18)1-3-21-4-2-13/h5-6,17H,1-4,7H2,(H2,16,18)(H,19,20)/p-1. The van der Waals surface area contributed by atoms with E-state index >= 15 is 0 Å². The average molecular weight is 333 g/mol. The maximum absolute atomic E-state index is 14.3. The van der Waals surface area contributed by atoms with Crippen molar-refractivity contribution in [3.8, 4) is 0 Å². The van der Waals surface area contributed by atoms with Crippen LogP contribution in [0, 0.1) is 11.6 Å². The molecule has 1 aliphatic heterocycles. The van der Waals surface area contributed by atoms with Gasteiger partial charge in [-0.05, 0) is 25.0 Å². The van der Waals surface area contributed by atoms with Crippen LogP contribution < -0.4 is 10.5 Å². The van der Waals surface area contributed by atoms with Crippen molar-refractivity contribution in [2.75, 3.05) is 13.2 Å². The van der Waals surface area contributed by atoms with E-state index in [0.717, 1.165) is 12.1 Å². The van der Waals surface area contributed by atoms with Crippen molar-refractivity contribution >= 4 is 17.2 Å². The van der Waals surface area contributed by atoms with Crippen molar-refractivity contribution < 1.29 is 27.1 Å². The molecular weight excluding hydrogens is 318 g/mol. The van der Waals surface area contributed by atoms with Gasteiger partial charge in [-0.25, -0.2) is 13.5 Å². The Labute approximate surface area is 128 Å². The van der Waals surface area contributed by atoms with Crippen molar-refractivity contribution in [2.45, 2.75) is 24.8 Å². The molecule has 122 valence electrons. The van der Waals surface area contributed by atoms with Gasteiger partial charge in [-0.15, -0.1) is 0 Å². The molecule has 1 aromatic carbocycles. The lowest BCUT2D eigenvalue weighted by Crippen LogP contribution is -2.46. The Morgan fingerprint density at radius 3 is 2.55 bits per heavy atom. The molecule has 3 N–H and O–H groups in total. The number of nitrogens with two attached hydrogens (primary N) is 1. The van der Waals surface area contributed by atoms with E-state index in [1.807, 2.05) is 4.72 Å². The summed E-state index contributed by atoms with van der Waals surface area (Å²) in [6.07, 6.45) is 0.335. The summed E-state index contributed by atoms with van der Waals surface area (Å²) in [7, 11) is 0. The summed E-state index contributed by atoms with van der Waals surface area (Å²) in [5, 5.41) is 0. The highest BCUT2D eigenvalue weighted by atomic mass is 32.2. The number of hydrogen-bond donors (Lipinski definition) is 2. The second-order valence-electron chi connectivity index (χ2n) is 5.04. The van der Waals surface area contributed by atoms with Crippen molar-refractivity contribution in [1.82, 2.24) is 4.72 Å². The number of ether oxygens (including phenoxy) is 1. The van der Waals surface area contributed by atoms with Crippen LogP contribution in [0.2, 0.25) is 0 Å². The van der Waals surface area contributed by atoms with Crippen LogP contribution >= 0.6 is 0 Å². The maximum atomic E-state index is 14.3. The number of carbonyl (C=O) groups excluding carboxylic acids is 1. The summed E-state index contributed by atoms with van der Waals surface area (Å²) in [6.45, 7) is 0.0662. The Morgan fingerprint density at radius 1 is 1.36 bits per heavy atom. The summed E-state index contributed by atoms with van der Waals surface area (Å²) in [6, 6.07) is 1.79. The molecule has 1 unspecified atom stereocenters. The summed E-state index contributed by atoms with van der Waals surface area (Å²) in [4.78, 5) is 11.8. The maximum Gasteiger partial charge on any atom is 0.228 e. The number of carbonyl (C=O) groups is 1. The van der Waals surface area contributed by atoms with Crippen LogP contribution in [0.3, 0.4) is 0 Å². The van der Waals surface area contributed by atoms with Gasteiger partial charge >= 0.3 is 0 Å². The van der Waals surface area contributed by atoms with Gasteiger partial charge in [0, 0.05) is 42.2 Å². The third kappa shape index (κ3) is 3.32. The zero-order valence-electron chi connectivity index (χ0n) is 11.6. The molecule has 0 radical (unpaired) electrons. The van der Waals surface area contributed by atoms with Crippen molar-refractivity contribution in [3.63, 3.8) is 0 Å². The molecule has 0 aliphatic carbocycles. The molecular formula is C13H15F2N2O4S-. The SMILES string of the molecule is NC(=O)C1(c2cc(F)c(CNS(=O)[O-])cc2F)CCOCC1. The first kappa shape index (κ1) is 16.9. The van der Waals surface area contributed by atoms with E-state index in [1.54, 1.807) is 0 Å². The Bertz CT molecular complexity index is 606. The molecule has 0 bridgehead atoms. The van der Waals surface area contributed by atoms with Gasteiger partial charge in [0.1, 0.15) is 11.6 Å². The Hall–Kier alpha value is -1.42. The fourth-order valence-electron chi connectivity index (χ4n) is 2.60. The van der Waals surface area contributed by atoms with E-state index in [0.29, 0.717) is 0 Å². The predicted octanol–water partition coefficient (Wildman–Crippen LogP) is 0.382. The van der Waals surface area contributed by atoms with Gasteiger partial charge in [0.2, 0.25) is 5.91 Å². The number of hydrogen-bond acceptors (Lipinski definition) is 4. The Morgan fingerprint density at radius 2 is 2.00 bits per heavy atom. The average Bonchev–Trinajstić information content (AvgIpc) is 2.48. The Kier molecular flexibility index (Phi) is 5.22. The Balaban J connectivity index is 2.40. The van der Waals surface area contributed by atoms with Crippen LogP contribution in [0.15, 0.2) is 12.1 Å². The normalized spacial score (nSPS) is 18.9. The van der Waals surface area contributed by atoms with E-state index in [9.17, 15) is 22.3 Å². The summed E-state index contributed by atoms with van der Waals surface area (Å²) in [5.41, 5.74) is 3.83. The van der Waals surface area contributed by atoms with Crippen molar-refractivity contribution in [2.24, 2.45) is 5.73 Å². The molecule has 2 rings (SSSR count). The number of benzene rings is 1. The molecule has 1 aromatic rings. The molecule has 0 spiro atoms. The zero-order chi connectivity index (χ0) is 16.3. The van der Waals surface area contributed by atoms with Gasteiger partial charge in [0.15, 0.2) is 0 Å². The van der Waals surface area contributed by atoms with Gasteiger partial charge in [-0.2, -0.15) is 0 Å².